The highest BCUT2D eigenvalue weighted by molar-refractivity contribution is 7.11. The molecule has 0 aliphatic heterocycles. The van der Waals surface area contributed by atoms with E-state index in [0.29, 0.717) is 5.57 Å². The van der Waals surface area contributed by atoms with Crippen LogP contribution in [0.5, 0.6) is 0 Å². The van der Waals surface area contributed by atoms with Crippen LogP contribution in [0.1, 0.15) is 21.8 Å². The molecule has 2 heterocycles. The lowest BCUT2D eigenvalue weighted by atomic mass is 10.0. The lowest BCUT2D eigenvalue weighted by Crippen LogP contribution is -1.94. The van der Waals surface area contributed by atoms with Gasteiger partial charge < -0.3 is 0 Å². The molecule has 0 bridgehead atoms. The Kier molecular flexibility index (Phi) is 4.88. The van der Waals surface area contributed by atoms with E-state index in [0.717, 1.165) is 38.8 Å². The lowest BCUT2D eigenvalue weighted by Gasteiger charge is -2.02. The Morgan fingerprint density at radius 1 is 1.11 bits per heavy atom. The minimum atomic E-state index is 0.541. The van der Waals surface area contributed by atoms with Crippen LogP contribution >= 0.6 is 11.3 Å². The summed E-state index contributed by atoms with van der Waals surface area (Å²) < 4.78 is 1.85. The molecule has 0 aliphatic carbocycles. The van der Waals surface area contributed by atoms with Crippen molar-refractivity contribution in [2.24, 2.45) is 0 Å². The van der Waals surface area contributed by atoms with Crippen molar-refractivity contribution in [3.63, 3.8) is 0 Å². The number of aromatic nitrogens is 3. The monoisotopic (exact) mass is 382 g/mol. The Morgan fingerprint density at radius 2 is 1.93 bits per heavy atom. The van der Waals surface area contributed by atoms with Gasteiger partial charge in [-0.15, -0.1) is 11.3 Å². The summed E-state index contributed by atoms with van der Waals surface area (Å²) in [4.78, 5) is 4.46. The van der Waals surface area contributed by atoms with Gasteiger partial charge in [-0.05, 0) is 38.1 Å². The number of benzene rings is 2. The van der Waals surface area contributed by atoms with Gasteiger partial charge in [0.25, 0.3) is 0 Å². The Morgan fingerprint density at radius 3 is 2.61 bits per heavy atom. The first-order valence-corrected chi connectivity index (χ1v) is 9.78. The number of hydrogen-bond acceptors (Lipinski definition) is 4. The molecule has 0 amide bonds. The fourth-order valence-electron chi connectivity index (χ4n) is 3.00. The number of rotatable bonds is 4. The Bertz CT molecular complexity index is 1190. The van der Waals surface area contributed by atoms with Crippen LogP contribution < -0.4 is 0 Å². The minimum absolute atomic E-state index is 0.541. The van der Waals surface area contributed by atoms with Crippen LogP contribution in [0.4, 0.5) is 0 Å². The predicted octanol–water partition coefficient (Wildman–Crippen LogP) is 5.68. The molecule has 0 radical (unpaired) electrons. The molecule has 0 aliphatic rings. The van der Waals surface area contributed by atoms with Gasteiger partial charge in [0.2, 0.25) is 0 Å². The summed E-state index contributed by atoms with van der Waals surface area (Å²) in [6.07, 6.45) is 3.84. The Hall–Kier alpha value is -3.49. The number of nitrogens with zero attached hydrogens (tertiary/aromatic N) is 4. The van der Waals surface area contributed by atoms with E-state index in [1.54, 1.807) is 0 Å². The third kappa shape index (κ3) is 3.64. The van der Waals surface area contributed by atoms with E-state index >= 15 is 0 Å². The molecule has 0 unspecified atom stereocenters. The summed E-state index contributed by atoms with van der Waals surface area (Å²) in [7, 11) is 0. The Labute approximate surface area is 168 Å². The van der Waals surface area contributed by atoms with Crippen molar-refractivity contribution in [1.29, 1.82) is 5.26 Å². The van der Waals surface area contributed by atoms with Gasteiger partial charge in [0.1, 0.15) is 16.8 Å². The fraction of sp³-hybridized carbons (Fsp3) is 0.0870. The summed E-state index contributed by atoms with van der Waals surface area (Å²) in [6.45, 7) is 3.99. The highest BCUT2D eigenvalue weighted by Gasteiger charge is 2.14. The highest BCUT2D eigenvalue weighted by Crippen LogP contribution is 2.29. The summed E-state index contributed by atoms with van der Waals surface area (Å²) in [5, 5.41) is 17.2. The molecule has 0 saturated heterocycles. The SMILES string of the molecule is Cc1cccc(-c2nn(-c3ccccc3)cc2/C=C(\C#N)c2nc(C)cs2)c1. The zero-order chi connectivity index (χ0) is 19.5. The van der Waals surface area contributed by atoms with Gasteiger partial charge in [-0.2, -0.15) is 10.4 Å². The largest absolute Gasteiger partial charge is 0.241 e. The van der Waals surface area contributed by atoms with E-state index in [4.69, 9.17) is 5.10 Å². The van der Waals surface area contributed by atoms with Crippen molar-refractivity contribution in [2.75, 3.05) is 0 Å². The van der Waals surface area contributed by atoms with Gasteiger partial charge in [-0.25, -0.2) is 9.67 Å². The van der Waals surface area contributed by atoms with Gasteiger partial charge in [-0.1, -0.05) is 42.0 Å². The van der Waals surface area contributed by atoms with Crippen molar-refractivity contribution >= 4 is 23.0 Å². The maximum Gasteiger partial charge on any atom is 0.134 e. The molecule has 0 N–H and O–H groups in total. The third-order valence-electron chi connectivity index (χ3n) is 4.32. The topological polar surface area (TPSA) is 54.5 Å². The second-order valence-electron chi connectivity index (χ2n) is 6.55. The number of nitriles is 1. The molecular weight excluding hydrogens is 364 g/mol. The van der Waals surface area contributed by atoms with E-state index in [2.05, 4.69) is 30.1 Å². The molecule has 5 heteroatoms. The van der Waals surface area contributed by atoms with E-state index < -0.39 is 0 Å². The van der Waals surface area contributed by atoms with Crippen molar-refractivity contribution in [2.45, 2.75) is 13.8 Å². The molecule has 4 aromatic rings. The number of thiazole rings is 1. The molecular formula is C23H18N4S. The second-order valence-corrected chi connectivity index (χ2v) is 7.40. The quantitative estimate of drug-likeness (QED) is 0.427. The van der Waals surface area contributed by atoms with E-state index in [1.165, 1.54) is 11.3 Å². The van der Waals surface area contributed by atoms with E-state index in [-0.39, 0.29) is 0 Å². The molecule has 4 nitrogen and oxygen atoms in total. The molecule has 0 fully saturated rings. The number of aryl methyl sites for hydroxylation is 2. The van der Waals surface area contributed by atoms with Crippen LogP contribution in [-0.2, 0) is 0 Å². The molecule has 0 saturated carbocycles. The van der Waals surface area contributed by atoms with Crippen LogP contribution in [0.3, 0.4) is 0 Å². The first kappa shape index (κ1) is 17.9. The maximum atomic E-state index is 9.70. The zero-order valence-electron chi connectivity index (χ0n) is 15.6. The molecule has 0 spiro atoms. The van der Waals surface area contributed by atoms with Gasteiger partial charge in [0, 0.05) is 28.4 Å². The van der Waals surface area contributed by atoms with Gasteiger partial charge in [0.15, 0.2) is 0 Å². The van der Waals surface area contributed by atoms with Gasteiger partial charge >= 0.3 is 0 Å². The van der Waals surface area contributed by atoms with Crippen LogP contribution in [0.25, 0.3) is 28.6 Å². The molecule has 2 aromatic heterocycles. The van der Waals surface area contributed by atoms with Crippen molar-refractivity contribution in [3.05, 3.63) is 88.0 Å². The van der Waals surface area contributed by atoms with Crippen LogP contribution in [0.15, 0.2) is 66.2 Å². The van der Waals surface area contributed by atoms with E-state index in [1.807, 2.05) is 71.7 Å². The lowest BCUT2D eigenvalue weighted by molar-refractivity contribution is 0.884. The first-order chi connectivity index (χ1) is 13.6. The predicted molar refractivity (Wildman–Crippen MR) is 114 cm³/mol. The first-order valence-electron chi connectivity index (χ1n) is 8.90. The third-order valence-corrected chi connectivity index (χ3v) is 5.32. The van der Waals surface area contributed by atoms with E-state index in [9.17, 15) is 5.26 Å². The molecule has 136 valence electrons. The smallest absolute Gasteiger partial charge is 0.134 e. The summed E-state index contributed by atoms with van der Waals surface area (Å²) in [5.41, 5.74) is 6.35. The average Bonchev–Trinajstić information content (AvgIpc) is 3.33. The minimum Gasteiger partial charge on any atom is -0.241 e. The molecule has 28 heavy (non-hydrogen) atoms. The van der Waals surface area contributed by atoms with Gasteiger partial charge in [-0.3, -0.25) is 0 Å². The number of para-hydroxylation sites is 1. The maximum absolute atomic E-state index is 9.70. The zero-order valence-corrected chi connectivity index (χ0v) is 16.4. The second kappa shape index (κ2) is 7.63. The highest BCUT2D eigenvalue weighted by atomic mass is 32.1. The standard InChI is InChI=1S/C23H18N4S/c1-16-7-6-8-18(11-16)22-20(12-19(13-24)23-25-17(2)15-28-23)14-27(26-22)21-9-4-3-5-10-21/h3-12,14-15H,1-2H3/b19-12+. The van der Waals surface area contributed by atoms with Gasteiger partial charge in [0.05, 0.1) is 11.3 Å². The summed E-state index contributed by atoms with van der Waals surface area (Å²) in [6, 6.07) is 20.5. The molecule has 0 atom stereocenters. The van der Waals surface area contributed by atoms with Crippen LogP contribution in [0, 0.1) is 25.2 Å². The van der Waals surface area contributed by atoms with Crippen LogP contribution in [-0.4, -0.2) is 14.8 Å². The normalized spacial score (nSPS) is 11.4. The average molecular weight is 382 g/mol. The van der Waals surface area contributed by atoms with Crippen LogP contribution in [0.2, 0.25) is 0 Å². The van der Waals surface area contributed by atoms with Crippen molar-refractivity contribution < 1.29 is 0 Å². The summed E-state index contributed by atoms with van der Waals surface area (Å²) in [5.74, 6) is 0. The molecule has 4 rings (SSSR count). The Balaban J connectivity index is 1.88. The molecule has 2 aromatic carbocycles. The van der Waals surface area contributed by atoms with Crippen molar-refractivity contribution in [3.8, 4) is 23.0 Å². The van der Waals surface area contributed by atoms with Crippen molar-refractivity contribution in [1.82, 2.24) is 14.8 Å². The number of hydrogen-bond donors (Lipinski definition) is 0. The summed E-state index contributed by atoms with van der Waals surface area (Å²) >= 11 is 1.48. The number of allylic oxidation sites excluding steroid dienone is 1. The fourth-order valence-corrected chi connectivity index (χ4v) is 3.76.